The number of nitrogens with zero attached hydrogens (tertiary/aromatic N) is 2. The number of hydrogen-bond donors (Lipinski definition) is 1. The molecule has 0 bridgehead atoms. The normalized spacial score (nSPS) is 22.5. The maximum absolute atomic E-state index is 5.72. The molecule has 3 heterocycles. The van der Waals surface area contributed by atoms with Crippen LogP contribution in [0.15, 0.2) is 21.3 Å². The molecule has 6 heteroatoms. The topological polar surface area (TPSA) is 73.3 Å². The van der Waals surface area contributed by atoms with Gasteiger partial charge in [0.05, 0.1) is 12.8 Å². The largest absolute Gasteiger partial charge is 0.468 e. The van der Waals surface area contributed by atoms with E-state index < -0.39 is 0 Å². The zero-order valence-corrected chi connectivity index (χ0v) is 11.8. The predicted octanol–water partition coefficient (Wildman–Crippen LogP) is 2.15. The van der Waals surface area contributed by atoms with Crippen molar-refractivity contribution in [1.82, 2.24) is 15.5 Å². The molecule has 0 aliphatic carbocycles. The lowest BCUT2D eigenvalue weighted by molar-refractivity contribution is 0.0622. The van der Waals surface area contributed by atoms with Crippen molar-refractivity contribution in [3.05, 3.63) is 35.4 Å². The molecule has 2 aromatic heterocycles. The van der Waals surface area contributed by atoms with E-state index in [1.165, 1.54) is 5.56 Å². The van der Waals surface area contributed by atoms with Gasteiger partial charge in [-0.2, -0.15) is 4.98 Å². The van der Waals surface area contributed by atoms with Crippen LogP contribution in [0.4, 0.5) is 0 Å². The van der Waals surface area contributed by atoms with Gasteiger partial charge in [-0.05, 0) is 31.9 Å². The Morgan fingerprint density at radius 2 is 2.30 bits per heavy atom. The van der Waals surface area contributed by atoms with Crippen molar-refractivity contribution in [3.63, 3.8) is 0 Å². The molecule has 3 rings (SSSR count). The first-order valence-electron chi connectivity index (χ1n) is 6.89. The van der Waals surface area contributed by atoms with Crippen LogP contribution in [-0.2, 0) is 11.3 Å². The Labute approximate surface area is 117 Å². The van der Waals surface area contributed by atoms with Gasteiger partial charge in [0.25, 0.3) is 5.89 Å². The molecule has 0 spiro atoms. The van der Waals surface area contributed by atoms with Crippen LogP contribution >= 0.6 is 0 Å². The van der Waals surface area contributed by atoms with Crippen molar-refractivity contribution in [2.75, 3.05) is 13.2 Å². The van der Waals surface area contributed by atoms with Crippen molar-refractivity contribution in [2.24, 2.45) is 5.92 Å². The van der Waals surface area contributed by atoms with E-state index >= 15 is 0 Å². The molecular formula is C14H19N3O3. The fraction of sp³-hybridized carbons (Fsp3) is 0.571. The number of rotatable bonds is 5. The summed E-state index contributed by atoms with van der Waals surface area (Å²) in [5, 5.41) is 7.24. The van der Waals surface area contributed by atoms with Gasteiger partial charge in [0.2, 0.25) is 0 Å². The van der Waals surface area contributed by atoms with E-state index in [9.17, 15) is 0 Å². The van der Waals surface area contributed by atoms with Crippen LogP contribution in [0.1, 0.15) is 35.6 Å². The van der Waals surface area contributed by atoms with Gasteiger partial charge < -0.3 is 19.0 Å². The van der Waals surface area contributed by atoms with Gasteiger partial charge in [0.1, 0.15) is 11.9 Å². The van der Waals surface area contributed by atoms with E-state index in [0.29, 0.717) is 17.6 Å². The van der Waals surface area contributed by atoms with Gasteiger partial charge in [-0.15, -0.1) is 0 Å². The molecular weight excluding hydrogens is 258 g/mol. The molecule has 20 heavy (non-hydrogen) atoms. The van der Waals surface area contributed by atoms with Crippen molar-refractivity contribution < 1.29 is 13.7 Å². The lowest BCUT2D eigenvalue weighted by Crippen LogP contribution is -2.24. The summed E-state index contributed by atoms with van der Waals surface area (Å²) in [5.41, 5.74) is 1.17. The van der Waals surface area contributed by atoms with Crippen LogP contribution in [0, 0.1) is 19.8 Å². The van der Waals surface area contributed by atoms with E-state index in [1.807, 2.05) is 19.9 Å². The SMILES string of the molecule is Cc1noc([C@H]2OCC[C@H]2CNCc2occc2C)n1. The highest BCUT2D eigenvalue weighted by molar-refractivity contribution is 5.14. The van der Waals surface area contributed by atoms with Crippen molar-refractivity contribution >= 4 is 0 Å². The molecule has 0 radical (unpaired) electrons. The molecule has 0 aromatic carbocycles. The fourth-order valence-corrected chi connectivity index (χ4v) is 2.50. The summed E-state index contributed by atoms with van der Waals surface area (Å²) in [6.45, 7) is 6.16. The number of hydrogen-bond acceptors (Lipinski definition) is 6. The number of aromatic nitrogens is 2. The van der Waals surface area contributed by atoms with Gasteiger partial charge in [0, 0.05) is 19.1 Å². The first-order chi connectivity index (χ1) is 9.74. The Hall–Kier alpha value is -1.66. The minimum absolute atomic E-state index is 0.0959. The van der Waals surface area contributed by atoms with Gasteiger partial charge >= 0.3 is 0 Å². The summed E-state index contributed by atoms with van der Waals surface area (Å²) in [4.78, 5) is 4.27. The highest BCUT2D eigenvalue weighted by atomic mass is 16.5. The molecule has 0 saturated carbocycles. The summed E-state index contributed by atoms with van der Waals surface area (Å²) in [5.74, 6) is 2.56. The lowest BCUT2D eigenvalue weighted by Gasteiger charge is -2.15. The van der Waals surface area contributed by atoms with E-state index in [-0.39, 0.29) is 6.10 Å². The molecule has 108 valence electrons. The van der Waals surface area contributed by atoms with Crippen LogP contribution in [0.3, 0.4) is 0 Å². The Morgan fingerprint density at radius 1 is 1.40 bits per heavy atom. The average molecular weight is 277 g/mol. The third kappa shape index (κ3) is 2.76. The number of aryl methyl sites for hydroxylation is 2. The Balaban J connectivity index is 1.55. The highest BCUT2D eigenvalue weighted by Crippen LogP contribution is 2.33. The monoisotopic (exact) mass is 277 g/mol. The molecule has 2 aromatic rings. The molecule has 1 N–H and O–H groups in total. The van der Waals surface area contributed by atoms with E-state index in [1.54, 1.807) is 6.26 Å². The molecule has 6 nitrogen and oxygen atoms in total. The van der Waals surface area contributed by atoms with Crippen LogP contribution in [0.2, 0.25) is 0 Å². The zero-order chi connectivity index (χ0) is 13.9. The number of ether oxygens (including phenoxy) is 1. The van der Waals surface area contributed by atoms with Gasteiger partial charge in [-0.3, -0.25) is 0 Å². The second kappa shape index (κ2) is 5.76. The Bertz CT molecular complexity index is 564. The summed E-state index contributed by atoms with van der Waals surface area (Å²) < 4.78 is 16.3. The van der Waals surface area contributed by atoms with Gasteiger partial charge in [-0.25, -0.2) is 0 Å². The fourth-order valence-electron chi connectivity index (χ4n) is 2.50. The van der Waals surface area contributed by atoms with Crippen LogP contribution in [0.25, 0.3) is 0 Å². The number of nitrogens with one attached hydrogen (secondary N) is 1. The van der Waals surface area contributed by atoms with E-state index in [0.717, 1.165) is 31.9 Å². The van der Waals surface area contributed by atoms with Crippen LogP contribution < -0.4 is 5.32 Å². The first-order valence-corrected chi connectivity index (χ1v) is 6.89. The van der Waals surface area contributed by atoms with Gasteiger partial charge in [-0.1, -0.05) is 5.16 Å². The molecule has 1 saturated heterocycles. The standard InChI is InChI=1S/C14H19N3O3/c1-9-3-5-18-12(9)8-15-7-11-4-6-19-13(11)14-16-10(2)17-20-14/h3,5,11,13,15H,4,6-8H2,1-2H3/t11-,13-/m0/s1. The predicted molar refractivity (Wildman–Crippen MR) is 71.0 cm³/mol. The van der Waals surface area contributed by atoms with Crippen LogP contribution in [0.5, 0.6) is 0 Å². The third-order valence-corrected chi connectivity index (χ3v) is 3.66. The van der Waals surface area contributed by atoms with Crippen LogP contribution in [-0.4, -0.2) is 23.3 Å². The zero-order valence-electron chi connectivity index (χ0n) is 11.8. The maximum atomic E-state index is 5.72. The van der Waals surface area contributed by atoms with Crippen molar-refractivity contribution in [2.45, 2.75) is 32.9 Å². The molecule has 0 amide bonds. The number of furan rings is 1. The molecule has 1 aliphatic rings. The Morgan fingerprint density at radius 3 is 3.00 bits per heavy atom. The maximum Gasteiger partial charge on any atom is 0.256 e. The molecule has 0 unspecified atom stereocenters. The highest BCUT2D eigenvalue weighted by Gasteiger charge is 2.33. The van der Waals surface area contributed by atoms with E-state index in [4.69, 9.17) is 13.7 Å². The minimum Gasteiger partial charge on any atom is -0.468 e. The summed E-state index contributed by atoms with van der Waals surface area (Å²) >= 11 is 0. The lowest BCUT2D eigenvalue weighted by atomic mass is 10.0. The second-order valence-corrected chi connectivity index (χ2v) is 5.18. The second-order valence-electron chi connectivity index (χ2n) is 5.18. The van der Waals surface area contributed by atoms with Crippen molar-refractivity contribution in [3.8, 4) is 0 Å². The quantitative estimate of drug-likeness (QED) is 0.902. The summed E-state index contributed by atoms with van der Waals surface area (Å²) in [7, 11) is 0. The summed E-state index contributed by atoms with van der Waals surface area (Å²) in [6, 6.07) is 1.97. The van der Waals surface area contributed by atoms with Crippen molar-refractivity contribution in [1.29, 1.82) is 0 Å². The molecule has 1 fully saturated rings. The third-order valence-electron chi connectivity index (χ3n) is 3.66. The smallest absolute Gasteiger partial charge is 0.256 e. The molecule has 1 aliphatic heterocycles. The molecule has 2 atom stereocenters. The first kappa shape index (κ1) is 13.3. The average Bonchev–Trinajstić information content (AvgIpc) is 3.12. The summed E-state index contributed by atoms with van der Waals surface area (Å²) in [6.07, 6.45) is 2.62. The Kier molecular flexibility index (Phi) is 3.84. The minimum atomic E-state index is -0.0959. The van der Waals surface area contributed by atoms with Gasteiger partial charge in [0.15, 0.2) is 5.82 Å². The van der Waals surface area contributed by atoms with E-state index in [2.05, 4.69) is 15.5 Å².